The zero-order valence-corrected chi connectivity index (χ0v) is 11.9. The summed E-state index contributed by atoms with van der Waals surface area (Å²) >= 11 is 0. The second kappa shape index (κ2) is 6.92. The number of likely N-dealkylation sites (tertiary alicyclic amines) is 1. The van der Waals surface area contributed by atoms with Crippen LogP contribution in [0, 0.1) is 5.92 Å². The zero-order chi connectivity index (χ0) is 15.2. The third kappa shape index (κ3) is 4.34. The highest BCUT2D eigenvalue weighted by atomic mass is 16.5. The van der Waals surface area contributed by atoms with Crippen molar-refractivity contribution in [2.75, 3.05) is 25.5 Å². The van der Waals surface area contributed by atoms with Gasteiger partial charge < -0.3 is 20.1 Å². The normalized spacial score (nSPS) is 17.6. The predicted molar refractivity (Wildman–Crippen MR) is 76.4 cm³/mol. The number of ether oxygens (including phenoxy) is 1. The second-order valence-electron chi connectivity index (χ2n) is 5.05. The highest BCUT2D eigenvalue weighted by Crippen LogP contribution is 2.22. The fourth-order valence-corrected chi connectivity index (χ4v) is 2.36. The molecule has 7 heteroatoms. The molecule has 0 saturated carbocycles. The van der Waals surface area contributed by atoms with Gasteiger partial charge in [0.25, 0.3) is 0 Å². The van der Waals surface area contributed by atoms with Gasteiger partial charge in [0.05, 0.1) is 19.0 Å². The average Bonchev–Trinajstić information content (AvgIpc) is 2.95. The van der Waals surface area contributed by atoms with E-state index in [9.17, 15) is 9.59 Å². The molecule has 1 aromatic heterocycles. The number of pyridine rings is 1. The van der Waals surface area contributed by atoms with Gasteiger partial charge in [-0.25, -0.2) is 9.78 Å². The molecule has 1 aliphatic rings. The van der Waals surface area contributed by atoms with E-state index in [0.717, 1.165) is 6.42 Å². The summed E-state index contributed by atoms with van der Waals surface area (Å²) in [5.41, 5.74) is 0.606. The van der Waals surface area contributed by atoms with Crippen molar-refractivity contribution >= 4 is 17.7 Å². The van der Waals surface area contributed by atoms with Crippen LogP contribution in [0.25, 0.3) is 0 Å². The van der Waals surface area contributed by atoms with E-state index in [0.29, 0.717) is 31.1 Å². The van der Waals surface area contributed by atoms with Crippen LogP contribution in [0.3, 0.4) is 0 Å². The molecule has 2 heterocycles. The van der Waals surface area contributed by atoms with Crippen LogP contribution in [-0.2, 0) is 4.79 Å². The molecule has 1 unspecified atom stereocenters. The maximum Gasteiger partial charge on any atom is 0.321 e. The van der Waals surface area contributed by atoms with E-state index in [-0.39, 0.29) is 18.4 Å². The first-order chi connectivity index (χ1) is 10.1. The Morgan fingerprint density at radius 3 is 2.95 bits per heavy atom. The molecule has 0 aromatic carbocycles. The minimum absolute atomic E-state index is 0.155. The van der Waals surface area contributed by atoms with Crippen molar-refractivity contribution in [3.63, 3.8) is 0 Å². The Morgan fingerprint density at radius 1 is 1.52 bits per heavy atom. The largest absolute Gasteiger partial charge is 0.481 e. The minimum Gasteiger partial charge on any atom is -0.481 e. The molecular formula is C14H19N3O4. The Kier molecular flexibility index (Phi) is 4.97. The summed E-state index contributed by atoms with van der Waals surface area (Å²) in [4.78, 5) is 28.4. The fraction of sp³-hybridized carbons (Fsp3) is 0.500. The number of amides is 2. The van der Waals surface area contributed by atoms with Gasteiger partial charge in [-0.2, -0.15) is 0 Å². The van der Waals surface area contributed by atoms with Crippen LogP contribution >= 0.6 is 0 Å². The maximum absolute atomic E-state index is 12.1. The van der Waals surface area contributed by atoms with Crippen LogP contribution in [0.5, 0.6) is 5.88 Å². The number of hydrogen-bond acceptors (Lipinski definition) is 4. The minimum atomic E-state index is -0.790. The monoisotopic (exact) mass is 293 g/mol. The van der Waals surface area contributed by atoms with Gasteiger partial charge in [0.1, 0.15) is 0 Å². The molecule has 2 N–H and O–H groups in total. The van der Waals surface area contributed by atoms with Gasteiger partial charge in [0.15, 0.2) is 0 Å². The van der Waals surface area contributed by atoms with Crippen molar-refractivity contribution in [3.05, 3.63) is 18.3 Å². The molecule has 21 heavy (non-hydrogen) atoms. The number of carbonyl (C=O) groups excluding carboxylic acids is 1. The third-order valence-corrected chi connectivity index (χ3v) is 3.54. The molecular weight excluding hydrogens is 274 g/mol. The molecule has 2 rings (SSSR count). The van der Waals surface area contributed by atoms with Crippen molar-refractivity contribution in [3.8, 4) is 5.88 Å². The smallest absolute Gasteiger partial charge is 0.321 e. The first-order valence-corrected chi connectivity index (χ1v) is 6.86. The number of carboxylic acids is 1. The summed E-state index contributed by atoms with van der Waals surface area (Å²) in [5.74, 6) is -0.0362. The fourth-order valence-electron chi connectivity index (χ4n) is 2.36. The number of hydrogen-bond donors (Lipinski definition) is 2. The molecule has 1 saturated heterocycles. The molecule has 0 radical (unpaired) electrons. The van der Waals surface area contributed by atoms with E-state index in [1.54, 1.807) is 17.0 Å². The van der Waals surface area contributed by atoms with E-state index < -0.39 is 5.97 Å². The van der Waals surface area contributed by atoms with Gasteiger partial charge >= 0.3 is 12.0 Å². The first kappa shape index (κ1) is 15.1. The lowest BCUT2D eigenvalue weighted by Gasteiger charge is -2.17. The summed E-state index contributed by atoms with van der Waals surface area (Å²) in [6.45, 7) is 1.25. The van der Waals surface area contributed by atoms with Crippen LogP contribution in [-0.4, -0.2) is 47.2 Å². The lowest BCUT2D eigenvalue weighted by Crippen LogP contribution is -2.33. The standard InChI is InChI=1S/C14H19N3O4/c1-21-12-4-3-11(8-15-12)16-14(20)17-7-6-10(9-17)2-5-13(18)19/h3-4,8,10H,2,5-7,9H2,1H3,(H,16,20)(H,18,19). The third-order valence-electron chi connectivity index (χ3n) is 3.54. The molecule has 1 fully saturated rings. The lowest BCUT2D eigenvalue weighted by molar-refractivity contribution is -0.137. The average molecular weight is 293 g/mol. The molecule has 0 spiro atoms. The number of aromatic nitrogens is 1. The van der Waals surface area contributed by atoms with E-state index in [1.807, 2.05) is 0 Å². The predicted octanol–water partition coefficient (Wildman–Crippen LogP) is 1.81. The first-order valence-electron chi connectivity index (χ1n) is 6.86. The Bertz CT molecular complexity index is 503. The van der Waals surface area contributed by atoms with Gasteiger partial charge in [0, 0.05) is 25.6 Å². The Labute approximate surface area is 122 Å². The number of nitrogens with zero attached hydrogens (tertiary/aromatic N) is 2. The second-order valence-corrected chi connectivity index (χ2v) is 5.05. The van der Waals surface area contributed by atoms with Gasteiger partial charge in [-0.1, -0.05) is 0 Å². The molecule has 7 nitrogen and oxygen atoms in total. The number of rotatable bonds is 5. The number of nitrogens with one attached hydrogen (secondary N) is 1. The highest BCUT2D eigenvalue weighted by molar-refractivity contribution is 5.89. The van der Waals surface area contributed by atoms with E-state index in [4.69, 9.17) is 9.84 Å². The Balaban J connectivity index is 1.82. The van der Waals surface area contributed by atoms with Crippen molar-refractivity contribution in [1.29, 1.82) is 0 Å². The number of carbonyl (C=O) groups is 2. The van der Waals surface area contributed by atoms with Crippen LogP contribution < -0.4 is 10.1 Å². The molecule has 114 valence electrons. The summed E-state index contributed by atoms with van der Waals surface area (Å²) in [7, 11) is 1.53. The molecule has 0 bridgehead atoms. The SMILES string of the molecule is COc1ccc(NC(=O)N2CCC(CCC(=O)O)C2)cn1. The summed E-state index contributed by atoms with van der Waals surface area (Å²) in [6.07, 6.45) is 3.15. The number of aliphatic carboxylic acids is 1. The van der Waals surface area contributed by atoms with Gasteiger partial charge in [-0.15, -0.1) is 0 Å². The zero-order valence-electron chi connectivity index (χ0n) is 11.9. The number of anilines is 1. The lowest BCUT2D eigenvalue weighted by atomic mass is 10.0. The van der Waals surface area contributed by atoms with Crippen LogP contribution in [0.1, 0.15) is 19.3 Å². The number of methoxy groups -OCH3 is 1. The summed E-state index contributed by atoms with van der Waals surface area (Å²) in [5, 5.41) is 11.4. The molecule has 0 aliphatic carbocycles. The molecule has 1 aliphatic heterocycles. The molecule has 1 aromatic rings. The quantitative estimate of drug-likeness (QED) is 0.863. The van der Waals surface area contributed by atoms with Gasteiger partial charge in [0.2, 0.25) is 5.88 Å². The van der Waals surface area contributed by atoms with E-state index in [2.05, 4.69) is 10.3 Å². The van der Waals surface area contributed by atoms with Crippen LogP contribution in [0.15, 0.2) is 18.3 Å². The van der Waals surface area contributed by atoms with Gasteiger partial charge in [-0.3, -0.25) is 4.79 Å². The Hall–Kier alpha value is -2.31. The van der Waals surface area contributed by atoms with Crippen molar-refractivity contribution < 1.29 is 19.4 Å². The molecule has 1 atom stereocenters. The van der Waals surface area contributed by atoms with Crippen molar-refractivity contribution in [1.82, 2.24) is 9.88 Å². The van der Waals surface area contributed by atoms with Crippen LogP contribution in [0.2, 0.25) is 0 Å². The van der Waals surface area contributed by atoms with Crippen molar-refractivity contribution in [2.24, 2.45) is 5.92 Å². The highest BCUT2D eigenvalue weighted by Gasteiger charge is 2.26. The Morgan fingerprint density at radius 2 is 2.33 bits per heavy atom. The number of urea groups is 1. The van der Waals surface area contributed by atoms with Crippen molar-refractivity contribution in [2.45, 2.75) is 19.3 Å². The number of carboxylic acid groups (broad SMARTS) is 1. The van der Waals surface area contributed by atoms with E-state index in [1.165, 1.54) is 13.3 Å². The summed E-state index contributed by atoms with van der Waals surface area (Å²) < 4.78 is 4.95. The van der Waals surface area contributed by atoms with E-state index >= 15 is 0 Å². The topological polar surface area (TPSA) is 91.8 Å². The summed E-state index contributed by atoms with van der Waals surface area (Å²) in [6, 6.07) is 3.22. The van der Waals surface area contributed by atoms with Crippen LogP contribution in [0.4, 0.5) is 10.5 Å². The van der Waals surface area contributed by atoms with Gasteiger partial charge in [-0.05, 0) is 24.8 Å². The molecule has 2 amide bonds. The maximum atomic E-state index is 12.1.